The summed E-state index contributed by atoms with van der Waals surface area (Å²) in [6, 6.07) is 16.5. The molecule has 3 N–H and O–H groups in total. The second kappa shape index (κ2) is 12.2. The quantitative estimate of drug-likeness (QED) is 0.308. The average Bonchev–Trinajstić information content (AvgIpc) is 3.35. The molecule has 0 unspecified atom stereocenters. The van der Waals surface area contributed by atoms with Gasteiger partial charge in [0.25, 0.3) is 5.91 Å². The number of hydrogen-bond donors (Lipinski definition) is 3. The van der Waals surface area contributed by atoms with Crippen LogP contribution in [0.5, 0.6) is 5.75 Å². The molecule has 0 aromatic heterocycles. The van der Waals surface area contributed by atoms with E-state index in [0.29, 0.717) is 31.0 Å². The summed E-state index contributed by atoms with van der Waals surface area (Å²) >= 11 is 0. The number of hydrazone groups is 1. The summed E-state index contributed by atoms with van der Waals surface area (Å²) in [5.74, 6) is -1.50. The molecule has 3 amide bonds. The minimum atomic E-state index is -0.877. The van der Waals surface area contributed by atoms with Crippen LogP contribution in [0.4, 0.5) is 0 Å². The minimum Gasteiger partial charge on any atom is -0.483 e. The molecule has 1 saturated heterocycles. The van der Waals surface area contributed by atoms with Gasteiger partial charge in [-0.05, 0) is 30.5 Å². The SMILES string of the molecule is O=C(COc1ccccc1/C=N\NC(=O)C(=O)NC[C@@H]1CCCO1)NCc1ccccc1. The van der Waals surface area contributed by atoms with Gasteiger partial charge in [-0.1, -0.05) is 42.5 Å². The average molecular weight is 438 g/mol. The van der Waals surface area contributed by atoms with Crippen molar-refractivity contribution < 1.29 is 23.9 Å². The van der Waals surface area contributed by atoms with E-state index in [2.05, 4.69) is 21.2 Å². The van der Waals surface area contributed by atoms with Crippen molar-refractivity contribution in [3.8, 4) is 5.75 Å². The van der Waals surface area contributed by atoms with Gasteiger partial charge in [-0.2, -0.15) is 5.10 Å². The molecule has 168 valence electrons. The number of hydrogen-bond acceptors (Lipinski definition) is 6. The molecule has 3 rings (SSSR count). The molecule has 0 bridgehead atoms. The Bertz CT molecular complexity index is 942. The summed E-state index contributed by atoms with van der Waals surface area (Å²) in [4.78, 5) is 35.7. The number of rotatable bonds is 9. The van der Waals surface area contributed by atoms with E-state index in [1.54, 1.807) is 24.3 Å². The normalized spacial score (nSPS) is 15.3. The van der Waals surface area contributed by atoms with E-state index in [1.807, 2.05) is 30.3 Å². The van der Waals surface area contributed by atoms with E-state index in [1.165, 1.54) is 6.21 Å². The molecule has 1 atom stereocenters. The zero-order valence-corrected chi connectivity index (χ0v) is 17.6. The molecule has 9 nitrogen and oxygen atoms in total. The van der Waals surface area contributed by atoms with Gasteiger partial charge in [0.15, 0.2) is 6.61 Å². The van der Waals surface area contributed by atoms with E-state index in [9.17, 15) is 14.4 Å². The van der Waals surface area contributed by atoms with Crippen LogP contribution in [0.25, 0.3) is 0 Å². The molecule has 1 heterocycles. The van der Waals surface area contributed by atoms with Gasteiger partial charge in [-0.3, -0.25) is 14.4 Å². The van der Waals surface area contributed by atoms with Gasteiger partial charge in [0.2, 0.25) is 0 Å². The number of nitrogens with zero attached hydrogens (tertiary/aromatic N) is 1. The smallest absolute Gasteiger partial charge is 0.329 e. The molecule has 0 spiro atoms. The molecule has 1 aliphatic rings. The Morgan fingerprint density at radius 2 is 1.81 bits per heavy atom. The molecule has 1 fully saturated rings. The molecule has 32 heavy (non-hydrogen) atoms. The Morgan fingerprint density at radius 3 is 2.59 bits per heavy atom. The fraction of sp³-hybridized carbons (Fsp3) is 0.304. The van der Waals surface area contributed by atoms with Gasteiger partial charge < -0.3 is 20.1 Å². The third-order valence-electron chi connectivity index (χ3n) is 4.70. The minimum absolute atomic E-state index is 0.0517. The van der Waals surface area contributed by atoms with Crippen LogP contribution < -0.4 is 20.8 Å². The number of benzene rings is 2. The Morgan fingerprint density at radius 1 is 1.03 bits per heavy atom. The lowest BCUT2D eigenvalue weighted by molar-refractivity contribution is -0.139. The van der Waals surface area contributed by atoms with Crippen molar-refractivity contribution in [2.75, 3.05) is 19.8 Å². The van der Waals surface area contributed by atoms with E-state index in [4.69, 9.17) is 9.47 Å². The van der Waals surface area contributed by atoms with Crippen LogP contribution >= 0.6 is 0 Å². The maximum atomic E-state index is 12.1. The van der Waals surface area contributed by atoms with Crippen molar-refractivity contribution in [2.45, 2.75) is 25.5 Å². The predicted octanol–water partition coefficient (Wildman–Crippen LogP) is 1.13. The first-order valence-electron chi connectivity index (χ1n) is 10.4. The van der Waals surface area contributed by atoms with Crippen LogP contribution in [0.15, 0.2) is 59.7 Å². The van der Waals surface area contributed by atoms with Crippen LogP contribution in [0.3, 0.4) is 0 Å². The second-order valence-corrected chi connectivity index (χ2v) is 7.13. The molecule has 1 aliphatic heterocycles. The third kappa shape index (κ3) is 7.51. The molecular formula is C23H26N4O5. The van der Waals surface area contributed by atoms with Crippen molar-refractivity contribution in [3.63, 3.8) is 0 Å². The highest BCUT2D eigenvalue weighted by atomic mass is 16.5. The van der Waals surface area contributed by atoms with Gasteiger partial charge in [0.1, 0.15) is 5.75 Å². The van der Waals surface area contributed by atoms with Crippen LogP contribution in [-0.4, -0.2) is 49.8 Å². The Kier molecular flexibility index (Phi) is 8.76. The first-order chi connectivity index (χ1) is 15.6. The first kappa shape index (κ1) is 23.0. The van der Waals surface area contributed by atoms with E-state index < -0.39 is 11.8 Å². The summed E-state index contributed by atoms with van der Waals surface area (Å²) in [6.07, 6.45) is 3.11. The number of carbonyl (C=O) groups excluding carboxylic acids is 3. The lowest BCUT2D eigenvalue weighted by atomic mass is 10.2. The van der Waals surface area contributed by atoms with Gasteiger partial charge in [0, 0.05) is 25.3 Å². The molecule has 0 radical (unpaired) electrons. The molecule has 2 aromatic carbocycles. The van der Waals surface area contributed by atoms with E-state index in [-0.39, 0.29) is 18.6 Å². The highest BCUT2D eigenvalue weighted by molar-refractivity contribution is 6.35. The monoisotopic (exact) mass is 438 g/mol. The van der Waals surface area contributed by atoms with Crippen LogP contribution in [0.1, 0.15) is 24.0 Å². The zero-order chi connectivity index (χ0) is 22.6. The molecule has 2 aromatic rings. The highest BCUT2D eigenvalue weighted by Gasteiger charge is 2.19. The van der Waals surface area contributed by atoms with Crippen LogP contribution in [0.2, 0.25) is 0 Å². The maximum Gasteiger partial charge on any atom is 0.329 e. The van der Waals surface area contributed by atoms with E-state index in [0.717, 1.165) is 18.4 Å². The van der Waals surface area contributed by atoms with Gasteiger partial charge in [-0.25, -0.2) is 5.43 Å². The van der Waals surface area contributed by atoms with Crippen molar-refractivity contribution in [1.29, 1.82) is 0 Å². The third-order valence-corrected chi connectivity index (χ3v) is 4.70. The van der Waals surface area contributed by atoms with Crippen molar-refractivity contribution in [1.82, 2.24) is 16.1 Å². The fourth-order valence-corrected chi connectivity index (χ4v) is 3.01. The maximum absolute atomic E-state index is 12.1. The molecule has 0 aliphatic carbocycles. The summed E-state index contributed by atoms with van der Waals surface area (Å²) in [6.45, 7) is 1.20. The standard InChI is InChI=1S/C23H26N4O5/c28-21(24-13-17-7-2-1-3-8-17)16-32-20-11-5-4-9-18(20)14-26-27-23(30)22(29)25-15-19-10-6-12-31-19/h1-5,7-9,11,14,19H,6,10,12-13,15-16H2,(H,24,28)(H,25,29)(H,27,30)/b26-14-/t19-/m0/s1. The van der Waals surface area contributed by atoms with E-state index >= 15 is 0 Å². The zero-order valence-electron chi connectivity index (χ0n) is 17.6. The number of amides is 3. The lowest BCUT2D eigenvalue weighted by Gasteiger charge is -2.10. The Labute approximate surface area is 186 Å². The van der Waals surface area contributed by atoms with Gasteiger partial charge in [0.05, 0.1) is 12.3 Å². The van der Waals surface area contributed by atoms with Gasteiger partial charge >= 0.3 is 11.8 Å². The molecule has 9 heteroatoms. The fourth-order valence-electron chi connectivity index (χ4n) is 3.01. The number of ether oxygens (including phenoxy) is 2. The van der Waals surface area contributed by atoms with Crippen molar-refractivity contribution >= 4 is 23.9 Å². The molecular weight excluding hydrogens is 412 g/mol. The predicted molar refractivity (Wildman–Crippen MR) is 118 cm³/mol. The summed E-state index contributed by atoms with van der Waals surface area (Å²) in [7, 11) is 0. The van der Waals surface area contributed by atoms with Crippen LogP contribution in [-0.2, 0) is 25.7 Å². The number of carbonyl (C=O) groups is 3. The summed E-state index contributed by atoms with van der Waals surface area (Å²) in [5, 5.41) is 9.11. The second-order valence-electron chi connectivity index (χ2n) is 7.13. The van der Waals surface area contributed by atoms with Gasteiger partial charge in [-0.15, -0.1) is 0 Å². The first-order valence-corrected chi connectivity index (χ1v) is 10.4. The topological polar surface area (TPSA) is 118 Å². The Balaban J connectivity index is 1.43. The largest absolute Gasteiger partial charge is 0.483 e. The summed E-state index contributed by atoms with van der Waals surface area (Å²) in [5.41, 5.74) is 3.71. The Hall–Kier alpha value is -3.72. The summed E-state index contributed by atoms with van der Waals surface area (Å²) < 4.78 is 11.0. The van der Waals surface area contributed by atoms with Crippen molar-refractivity contribution in [3.05, 3.63) is 65.7 Å². The number of nitrogens with one attached hydrogen (secondary N) is 3. The molecule has 0 saturated carbocycles. The van der Waals surface area contributed by atoms with Crippen LogP contribution in [0, 0.1) is 0 Å². The van der Waals surface area contributed by atoms with Crippen molar-refractivity contribution in [2.24, 2.45) is 5.10 Å². The lowest BCUT2D eigenvalue weighted by Crippen LogP contribution is -2.41. The highest BCUT2D eigenvalue weighted by Crippen LogP contribution is 2.15. The number of para-hydroxylation sites is 1.